The Kier molecular flexibility index (Phi) is 8.39. The Bertz CT molecular complexity index is 775. The van der Waals surface area contributed by atoms with E-state index in [0.29, 0.717) is 31.4 Å². The minimum atomic E-state index is -4.79. The van der Waals surface area contributed by atoms with Crippen LogP contribution < -0.4 is 10.1 Å². The van der Waals surface area contributed by atoms with Gasteiger partial charge in [0.15, 0.2) is 0 Å². The summed E-state index contributed by atoms with van der Waals surface area (Å²) in [6, 6.07) is 4.82. The molecule has 1 N–H and O–H groups in total. The summed E-state index contributed by atoms with van der Waals surface area (Å²) < 4.78 is 46.0. The third-order valence-corrected chi connectivity index (χ3v) is 5.61. The van der Waals surface area contributed by atoms with Crippen LogP contribution in [0, 0.1) is 0 Å². The summed E-state index contributed by atoms with van der Waals surface area (Å²) in [5.41, 5.74) is 0.540. The van der Waals surface area contributed by atoms with Gasteiger partial charge in [0.2, 0.25) is 11.8 Å². The molecule has 11 heteroatoms. The van der Waals surface area contributed by atoms with Crippen molar-refractivity contribution in [1.82, 2.24) is 10.2 Å². The highest BCUT2D eigenvalue weighted by molar-refractivity contribution is 8.00. The van der Waals surface area contributed by atoms with Crippen LogP contribution in [-0.2, 0) is 19.1 Å². The molecule has 0 bridgehead atoms. The number of methoxy groups -OCH3 is 1. The van der Waals surface area contributed by atoms with Gasteiger partial charge >= 0.3 is 12.3 Å². The normalized spacial score (nSPS) is 17.6. The van der Waals surface area contributed by atoms with E-state index >= 15 is 0 Å². The van der Waals surface area contributed by atoms with Crippen LogP contribution in [-0.4, -0.2) is 54.5 Å². The second-order valence-electron chi connectivity index (χ2n) is 6.64. The Morgan fingerprint density at radius 2 is 2.07 bits per heavy atom. The first-order valence-corrected chi connectivity index (χ1v) is 10.3. The van der Waals surface area contributed by atoms with Crippen LogP contribution in [0.3, 0.4) is 0 Å². The Morgan fingerprint density at radius 1 is 1.33 bits per heavy atom. The van der Waals surface area contributed by atoms with Crippen LogP contribution in [0.25, 0.3) is 0 Å². The van der Waals surface area contributed by atoms with Crippen LogP contribution >= 0.6 is 11.8 Å². The fourth-order valence-corrected chi connectivity index (χ4v) is 4.31. The number of benzene rings is 1. The van der Waals surface area contributed by atoms with E-state index in [1.807, 2.05) is 0 Å². The number of halogens is 3. The largest absolute Gasteiger partial charge is 0.573 e. The fraction of sp³-hybridized carbons (Fsp3) is 0.526. The molecule has 0 spiro atoms. The maximum absolute atomic E-state index is 12.5. The summed E-state index contributed by atoms with van der Waals surface area (Å²) in [5, 5.41) is 2.11. The standard InChI is InChI=1S/C19H23F3N2O5S/c1-12(25)23-15(18(27)28-2)8-3-4-9-24-16(26)11-30-17(24)13-6-5-7-14(10-13)29-19(20,21)22/h5-7,10,15,17H,3-4,8-9,11H2,1-2H3,(H,23,25)/t15-,17?/m0/s1. The Labute approximate surface area is 176 Å². The molecule has 166 valence electrons. The Hall–Kier alpha value is -2.43. The van der Waals surface area contributed by atoms with Gasteiger partial charge in [-0.2, -0.15) is 0 Å². The van der Waals surface area contributed by atoms with Crippen molar-refractivity contribution >= 4 is 29.5 Å². The number of carbonyl (C=O) groups excluding carboxylic acids is 3. The molecule has 1 saturated heterocycles. The fourth-order valence-electron chi connectivity index (χ4n) is 3.10. The van der Waals surface area contributed by atoms with E-state index in [1.165, 1.54) is 44.0 Å². The van der Waals surface area contributed by atoms with Gasteiger partial charge in [0.05, 0.1) is 12.9 Å². The van der Waals surface area contributed by atoms with Gasteiger partial charge in [0.25, 0.3) is 0 Å². The molecule has 1 aliphatic heterocycles. The molecule has 1 unspecified atom stereocenters. The van der Waals surface area contributed by atoms with E-state index in [0.717, 1.165) is 0 Å². The van der Waals surface area contributed by atoms with E-state index in [4.69, 9.17) is 0 Å². The highest BCUT2D eigenvalue weighted by Crippen LogP contribution is 2.40. The van der Waals surface area contributed by atoms with Gasteiger partial charge in [0.1, 0.15) is 17.2 Å². The number of hydrogen-bond acceptors (Lipinski definition) is 6. The molecule has 7 nitrogen and oxygen atoms in total. The summed E-state index contributed by atoms with van der Waals surface area (Å²) >= 11 is 1.33. The van der Waals surface area contributed by atoms with Gasteiger partial charge in [-0.1, -0.05) is 12.1 Å². The van der Waals surface area contributed by atoms with E-state index in [-0.39, 0.29) is 23.3 Å². The lowest BCUT2D eigenvalue weighted by molar-refractivity contribution is -0.274. The molecule has 1 aromatic carbocycles. The van der Waals surface area contributed by atoms with Gasteiger partial charge in [0, 0.05) is 13.5 Å². The molecule has 1 aliphatic rings. The number of amides is 2. The maximum atomic E-state index is 12.5. The monoisotopic (exact) mass is 448 g/mol. The predicted octanol–water partition coefficient (Wildman–Crippen LogP) is 3.01. The number of ether oxygens (including phenoxy) is 2. The molecule has 2 rings (SSSR count). The maximum Gasteiger partial charge on any atom is 0.573 e. The van der Waals surface area contributed by atoms with Crippen molar-refractivity contribution in [2.24, 2.45) is 0 Å². The SMILES string of the molecule is COC(=O)[C@H](CCCCN1C(=O)CSC1c1cccc(OC(F)(F)F)c1)NC(C)=O. The minimum absolute atomic E-state index is 0.112. The zero-order valence-electron chi connectivity index (χ0n) is 16.5. The van der Waals surface area contributed by atoms with Crippen molar-refractivity contribution in [1.29, 1.82) is 0 Å². The highest BCUT2D eigenvalue weighted by atomic mass is 32.2. The van der Waals surface area contributed by atoms with Crippen molar-refractivity contribution in [2.45, 2.75) is 44.0 Å². The molecule has 0 saturated carbocycles. The highest BCUT2D eigenvalue weighted by Gasteiger charge is 2.34. The van der Waals surface area contributed by atoms with Crippen molar-refractivity contribution in [2.75, 3.05) is 19.4 Å². The van der Waals surface area contributed by atoms with Crippen LogP contribution in [0.4, 0.5) is 13.2 Å². The molecule has 30 heavy (non-hydrogen) atoms. The molecule has 0 aliphatic carbocycles. The van der Waals surface area contributed by atoms with Gasteiger partial charge in [-0.15, -0.1) is 24.9 Å². The first kappa shape index (κ1) is 23.8. The number of nitrogens with zero attached hydrogens (tertiary/aromatic N) is 1. The lowest BCUT2D eigenvalue weighted by Crippen LogP contribution is -2.40. The number of esters is 1. The molecule has 2 amide bonds. The lowest BCUT2D eigenvalue weighted by atomic mass is 10.1. The Morgan fingerprint density at radius 3 is 2.70 bits per heavy atom. The summed E-state index contributed by atoms with van der Waals surface area (Å²) in [5.74, 6) is -1.12. The third-order valence-electron chi connectivity index (χ3n) is 4.35. The summed E-state index contributed by atoms with van der Waals surface area (Å²) in [6.45, 7) is 1.67. The number of thioether (sulfide) groups is 1. The van der Waals surface area contributed by atoms with Crippen LogP contribution in [0.5, 0.6) is 5.75 Å². The van der Waals surface area contributed by atoms with E-state index in [9.17, 15) is 27.6 Å². The first-order chi connectivity index (χ1) is 14.1. The second kappa shape index (κ2) is 10.6. The zero-order chi connectivity index (χ0) is 22.3. The topological polar surface area (TPSA) is 84.9 Å². The number of carbonyl (C=O) groups is 3. The smallest absolute Gasteiger partial charge is 0.467 e. The van der Waals surface area contributed by atoms with E-state index in [1.54, 1.807) is 11.0 Å². The molecular formula is C19H23F3N2O5S. The summed E-state index contributed by atoms with van der Waals surface area (Å²) in [6.07, 6.45) is -3.35. The second-order valence-corrected chi connectivity index (χ2v) is 7.71. The van der Waals surface area contributed by atoms with Crippen molar-refractivity contribution in [3.05, 3.63) is 29.8 Å². The number of hydrogen-bond donors (Lipinski definition) is 1. The number of alkyl halides is 3. The minimum Gasteiger partial charge on any atom is -0.467 e. The number of rotatable bonds is 9. The quantitative estimate of drug-likeness (QED) is 0.462. The number of nitrogens with one attached hydrogen (secondary N) is 1. The van der Waals surface area contributed by atoms with E-state index < -0.39 is 23.7 Å². The molecule has 2 atom stereocenters. The van der Waals surface area contributed by atoms with E-state index in [2.05, 4.69) is 14.8 Å². The van der Waals surface area contributed by atoms with Gasteiger partial charge in [-0.3, -0.25) is 9.59 Å². The van der Waals surface area contributed by atoms with Gasteiger partial charge in [-0.25, -0.2) is 4.79 Å². The molecular weight excluding hydrogens is 425 g/mol. The number of unbranched alkanes of at least 4 members (excludes halogenated alkanes) is 1. The average molecular weight is 448 g/mol. The molecule has 1 aromatic rings. The first-order valence-electron chi connectivity index (χ1n) is 9.22. The lowest BCUT2D eigenvalue weighted by Gasteiger charge is -2.25. The summed E-state index contributed by atoms with van der Waals surface area (Å²) in [4.78, 5) is 36.8. The van der Waals surface area contributed by atoms with Crippen LogP contribution in [0.15, 0.2) is 24.3 Å². The van der Waals surface area contributed by atoms with Crippen LogP contribution in [0.2, 0.25) is 0 Å². The predicted molar refractivity (Wildman–Crippen MR) is 104 cm³/mol. The van der Waals surface area contributed by atoms with Crippen molar-refractivity contribution in [3.63, 3.8) is 0 Å². The molecule has 1 heterocycles. The van der Waals surface area contributed by atoms with Crippen molar-refractivity contribution in [3.8, 4) is 5.75 Å². The van der Waals surface area contributed by atoms with Crippen molar-refractivity contribution < 1.29 is 37.0 Å². The molecule has 0 radical (unpaired) electrons. The van der Waals surface area contributed by atoms with Crippen LogP contribution in [0.1, 0.15) is 37.1 Å². The third kappa shape index (κ3) is 7.12. The Balaban J connectivity index is 1.96. The molecule has 0 aromatic heterocycles. The summed E-state index contributed by atoms with van der Waals surface area (Å²) in [7, 11) is 1.23. The zero-order valence-corrected chi connectivity index (χ0v) is 17.3. The van der Waals surface area contributed by atoms with Gasteiger partial charge < -0.3 is 19.7 Å². The average Bonchev–Trinajstić information content (AvgIpc) is 3.02. The van der Waals surface area contributed by atoms with Gasteiger partial charge in [-0.05, 0) is 37.0 Å². The molecule has 1 fully saturated rings.